The monoisotopic (exact) mass is 697 g/mol. The zero-order chi connectivity index (χ0) is 33.7. The molecule has 2 aromatic heterocycles. The first-order chi connectivity index (χ1) is 23.1. The molecule has 0 saturated carbocycles. The zero-order valence-corrected chi connectivity index (χ0v) is 29.2. The van der Waals surface area contributed by atoms with Crippen molar-refractivity contribution in [2.24, 2.45) is 4.99 Å². The van der Waals surface area contributed by atoms with Crippen LogP contribution in [0, 0.1) is 20.8 Å². The fourth-order valence-electron chi connectivity index (χ4n) is 6.38. The third-order valence-corrected chi connectivity index (χ3v) is 11.4. The number of aromatic nitrogens is 3. The summed E-state index contributed by atoms with van der Waals surface area (Å²) in [5.41, 5.74) is 8.64. The second kappa shape index (κ2) is 13.0. The Bertz CT molecular complexity index is 2090. The summed E-state index contributed by atoms with van der Waals surface area (Å²) < 4.78 is 18.5. The van der Waals surface area contributed by atoms with Crippen LogP contribution in [0.5, 0.6) is 0 Å². The van der Waals surface area contributed by atoms with Gasteiger partial charge in [-0.25, -0.2) is 0 Å². The van der Waals surface area contributed by atoms with E-state index in [-0.39, 0.29) is 18.3 Å². The Hall–Kier alpha value is -4.29. The third-order valence-electron chi connectivity index (χ3n) is 9.07. The lowest BCUT2D eigenvalue weighted by Gasteiger charge is -2.29. The van der Waals surface area contributed by atoms with E-state index >= 15 is 0 Å². The van der Waals surface area contributed by atoms with Crippen LogP contribution in [0.2, 0.25) is 0 Å². The molecule has 0 radical (unpaired) electrons. The van der Waals surface area contributed by atoms with Gasteiger partial charge in [-0.15, -0.1) is 21.5 Å². The lowest BCUT2D eigenvalue weighted by Crippen LogP contribution is -2.37. The highest BCUT2D eigenvalue weighted by molar-refractivity contribution is 8.13. The number of ether oxygens (including phenoxy) is 1. The molecule has 0 N–H and O–H groups in total. The molecule has 0 bridgehead atoms. The Balaban J connectivity index is 1.17. The second-order valence-corrected chi connectivity index (χ2v) is 14.9. The van der Waals surface area contributed by atoms with Crippen LogP contribution in [0.15, 0.2) is 76.6 Å². The number of fused-ring (bicyclic) bond motifs is 4. The normalized spacial score (nSPS) is 16.0. The molecule has 0 spiro atoms. The minimum atomic E-state index is -1.56. The van der Waals surface area contributed by atoms with Gasteiger partial charge >= 0.3 is 5.97 Å². The van der Waals surface area contributed by atoms with Crippen molar-refractivity contribution in [3.8, 4) is 16.1 Å². The smallest absolute Gasteiger partial charge is 0.308 e. The van der Waals surface area contributed by atoms with Gasteiger partial charge in [0.05, 0.1) is 19.2 Å². The number of methoxy groups -OCH3 is 1. The van der Waals surface area contributed by atoms with E-state index in [0.717, 1.165) is 61.9 Å². The van der Waals surface area contributed by atoms with Crippen LogP contribution in [-0.4, -0.2) is 55.5 Å². The summed E-state index contributed by atoms with van der Waals surface area (Å²) in [7, 11) is 5.51. The Morgan fingerprint density at radius 3 is 2.44 bits per heavy atom. The van der Waals surface area contributed by atoms with Gasteiger partial charge in [-0.2, -0.15) is 0 Å². The van der Waals surface area contributed by atoms with Gasteiger partial charge in [0.15, 0.2) is 21.4 Å². The molecule has 12 heteroatoms. The number of hydrogen-bond acceptors (Lipinski definition) is 8. The van der Waals surface area contributed by atoms with Gasteiger partial charge in [0.2, 0.25) is 0 Å². The molecule has 7 rings (SSSR count). The first-order valence-electron chi connectivity index (χ1n) is 15.5. The van der Waals surface area contributed by atoms with Crippen LogP contribution in [0.1, 0.15) is 67.2 Å². The zero-order valence-electron chi connectivity index (χ0n) is 26.8. The number of halogens is 1. The average molecular weight is 698 g/mol. The number of thiophene rings is 1. The number of aryl methyl sites for hydroxylation is 2. The number of carbonyl (C=O) groups excluding carboxylic acids is 2. The summed E-state index contributed by atoms with van der Waals surface area (Å²) >= 11 is 1.67. The molecule has 2 aliphatic heterocycles. The number of aliphatic imine (C=N–C) groups is 1. The molecule has 1 unspecified atom stereocenters. The highest BCUT2D eigenvalue weighted by Gasteiger charge is 2.33. The molecule has 244 valence electrons. The van der Waals surface area contributed by atoms with Crippen LogP contribution in [0.4, 0.5) is 0 Å². The first kappa shape index (κ1) is 32.3. The number of rotatable bonds is 7. The average Bonchev–Trinajstić information content (AvgIpc) is 3.57. The maximum Gasteiger partial charge on any atom is 0.308 e. The molecule has 2 aliphatic rings. The van der Waals surface area contributed by atoms with Crippen LogP contribution in [0.3, 0.4) is 0 Å². The van der Waals surface area contributed by atoms with Crippen LogP contribution >= 0.6 is 22.0 Å². The molecule has 0 saturated heterocycles. The van der Waals surface area contributed by atoms with Gasteiger partial charge in [-0.05, 0) is 73.2 Å². The van der Waals surface area contributed by atoms with E-state index in [1.165, 1.54) is 12.0 Å². The molecule has 5 aromatic rings. The Kier molecular flexibility index (Phi) is 8.71. The summed E-state index contributed by atoms with van der Waals surface area (Å²) in [6, 6.07) is 20.9. The van der Waals surface area contributed by atoms with E-state index < -0.39 is 16.4 Å². The number of nitrogens with zero attached hydrogens (tertiary/aromatic N) is 5. The Morgan fingerprint density at radius 1 is 1.02 bits per heavy atom. The predicted octanol–water partition coefficient (Wildman–Crippen LogP) is 6.84. The molecular formula is C36H32ClN5O4S2. The minimum Gasteiger partial charge on any atom is -0.594 e. The molecule has 4 heterocycles. The topological polar surface area (TPSA) is 113 Å². The number of amides is 1. The highest BCUT2D eigenvalue weighted by Crippen LogP contribution is 2.40. The quantitative estimate of drug-likeness (QED) is 0.136. The molecule has 0 aliphatic carbocycles. The van der Waals surface area contributed by atoms with E-state index in [1.54, 1.807) is 23.5 Å². The summed E-state index contributed by atoms with van der Waals surface area (Å²) in [6.45, 7) is 7.20. The maximum atomic E-state index is 13.4. The lowest BCUT2D eigenvalue weighted by molar-refractivity contribution is -0.141. The van der Waals surface area contributed by atoms with E-state index in [4.69, 9.17) is 20.4 Å². The van der Waals surface area contributed by atoms with Crippen molar-refractivity contribution < 1.29 is 18.9 Å². The summed E-state index contributed by atoms with van der Waals surface area (Å²) in [5, 5.41) is 9.77. The molecule has 0 fully saturated rings. The SMILES string of the molecule is COC(=O)C[C@@H]1N=C(c2ccc(-c3ccc4c(c3)CCN(Cc3ccc([S+]([O-])Cl)cc3)C4=O)cc2)c2c(sc(C)c2C)-n2c(C)nnc21. The van der Waals surface area contributed by atoms with Crippen molar-refractivity contribution in [1.29, 1.82) is 0 Å². The van der Waals surface area contributed by atoms with Gasteiger partial charge in [0.25, 0.3) is 5.91 Å². The van der Waals surface area contributed by atoms with Crippen molar-refractivity contribution in [3.05, 3.63) is 117 Å². The van der Waals surface area contributed by atoms with E-state index in [1.807, 2.05) is 40.7 Å². The van der Waals surface area contributed by atoms with E-state index in [0.29, 0.717) is 29.4 Å². The van der Waals surface area contributed by atoms with Crippen LogP contribution < -0.4 is 0 Å². The predicted molar refractivity (Wildman–Crippen MR) is 187 cm³/mol. The molecular weight excluding hydrogens is 666 g/mol. The van der Waals surface area contributed by atoms with Gasteiger partial charge < -0.3 is 14.2 Å². The van der Waals surface area contributed by atoms with Crippen molar-refractivity contribution in [3.63, 3.8) is 0 Å². The van der Waals surface area contributed by atoms with Gasteiger partial charge in [-0.3, -0.25) is 19.1 Å². The van der Waals surface area contributed by atoms with E-state index in [9.17, 15) is 14.1 Å². The van der Waals surface area contributed by atoms with Gasteiger partial charge in [0.1, 0.15) is 27.3 Å². The van der Waals surface area contributed by atoms with Crippen LogP contribution in [0.25, 0.3) is 16.1 Å². The highest BCUT2D eigenvalue weighted by atomic mass is 35.7. The van der Waals surface area contributed by atoms with Crippen molar-refractivity contribution in [2.75, 3.05) is 13.7 Å². The van der Waals surface area contributed by atoms with Crippen molar-refractivity contribution >= 4 is 50.0 Å². The molecule has 2 atom stereocenters. The maximum absolute atomic E-state index is 13.4. The standard InChI is InChI=1S/C36H32ClN5O4S2/c1-20-21(2)47-36-32(20)33(38-30(18-31(43)46-4)34-40-39-22(3)42(34)36)25-9-7-24(8-10-25)26-11-14-29-27(17-26)15-16-41(35(29)44)19-23-5-12-28(13-6-23)48(37)45/h5-14,17,30H,15-16,18-19H2,1-4H3/t30-,48?/m0/s1. The fourth-order valence-corrected chi connectivity index (χ4v) is 8.25. The minimum absolute atomic E-state index is 0.00125. The van der Waals surface area contributed by atoms with Crippen molar-refractivity contribution in [1.82, 2.24) is 19.7 Å². The third kappa shape index (κ3) is 5.85. The molecule has 9 nitrogen and oxygen atoms in total. The molecule has 48 heavy (non-hydrogen) atoms. The summed E-state index contributed by atoms with van der Waals surface area (Å²) in [6.07, 6.45) is 0.800. The van der Waals surface area contributed by atoms with Gasteiger partial charge in [-0.1, -0.05) is 48.5 Å². The number of esters is 1. The molecule has 1 amide bonds. The van der Waals surface area contributed by atoms with Crippen LogP contribution in [-0.2, 0) is 32.9 Å². The first-order valence-corrected chi connectivity index (χ1v) is 18.3. The van der Waals surface area contributed by atoms with Gasteiger partial charge in [0, 0.05) is 34.7 Å². The number of hydrogen-bond donors (Lipinski definition) is 0. The summed E-state index contributed by atoms with van der Waals surface area (Å²) in [5.74, 6) is 0.996. The Labute approximate surface area is 289 Å². The van der Waals surface area contributed by atoms with Crippen molar-refractivity contribution in [2.45, 2.75) is 51.1 Å². The number of benzene rings is 3. The number of carbonyl (C=O) groups is 2. The Morgan fingerprint density at radius 2 is 1.73 bits per heavy atom. The summed E-state index contributed by atoms with van der Waals surface area (Å²) in [4.78, 5) is 34.6. The molecule has 3 aromatic carbocycles. The fraction of sp³-hybridized carbons (Fsp3) is 0.250. The lowest BCUT2D eigenvalue weighted by atomic mass is 9.92. The van der Waals surface area contributed by atoms with E-state index in [2.05, 4.69) is 54.4 Å². The second-order valence-electron chi connectivity index (χ2n) is 12.0. The largest absolute Gasteiger partial charge is 0.594 e.